The summed E-state index contributed by atoms with van der Waals surface area (Å²) in [5.74, 6) is 0.908. The van der Waals surface area contributed by atoms with Crippen LogP contribution in [0.3, 0.4) is 0 Å². The Kier molecular flexibility index (Phi) is 2.51. The zero-order chi connectivity index (χ0) is 9.26. The molecule has 0 atom stereocenters. The van der Waals surface area contributed by atoms with E-state index in [4.69, 9.17) is 4.74 Å². The predicted octanol–water partition coefficient (Wildman–Crippen LogP) is 3.46. The van der Waals surface area contributed by atoms with Crippen LogP contribution in [0, 0.1) is 0 Å². The van der Waals surface area contributed by atoms with Crippen LogP contribution in [0.15, 0.2) is 22.1 Å². The molecular formula is C9H8BrNOS. The Morgan fingerprint density at radius 1 is 1.54 bits per heavy atom. The van der Waals surface area contributed by atoms with Gasteiger partial charge in [0.15, 0.2) is 3.92 Å². The largest absolute Gasteiger partial charge is 0.494 e. The number of fused-ring (bicyclic) bond motifs is 1. The van der Waals surface area contributed by atoms with Gasteiger partial charge in [-0.25, -0.2) is 4.98 Å². The number of hydrogen-bond acceptors (Lipinski definition) is 3. The molecule has 0 saturated carbocycles. The molecule has 0 aliphatic heterocycles. The lowest BCUT2D eigenvalue weighted by atomic mass is 10.3. The van der Waals surface area contributed by atoms with Crippen molar-refractivity contribution in [1.29, 1.82) is 0 Å². The average molecular weight is 258 g/mol. The van der Waals surface area contributed by atoms with E-state index in [1.165, 1.54) is 0 Å². The SMILES string of the molecule is CCOc1ccc2nc(Br)sc2c1. The van der Waals surface area contributed by atoms with Crippen molar-refractivity contribution in [3.8, 4) is 5.75 Å². The van der Waals surface area contributed by atoms with Gasteiger partial charge < -0.3 is 4.74 Å². The molecule has 68 valence electrons. The van der Waals surface area contributed by atoms with Crippen LogP contribution in [-0.4, -0.2) is 11.6 Å². The second-order valence-electron chi connectivity index (χ2n) is 2.53. The van der Waals surface area contributed by atoms with Gasteiger partial charge in [0.2, 0.25) is 0 Å². The van der Waals surface area contributed by atoms with Gasteiger partial charge in [-0.15, -0.1) is 11.3 Å². The number of ether oxygens (including phenoxy) is 1. The van der Waals surface area contributed by atoms with Crippen molar-refractivity contribution in [3.63, 3.8) is 0 Å². The minimum atomic E-state index is 0.700. The van der Waals surface area contributed by atoms with Gasteiger partial charge >= 0.3 is 0 Å². The van der Waals surface area contributed by atoms with E-state index in [0.29, 0.717) is 6.61 Å². The zero-order valence-electron chi connectivity index (χ0n) is 7.08. The first kappa shape index (κ1) is 8.97. The highest BCUT2D eigenvalue weighted by Crippen LogP contribution is 2.28. The third kappa shape index (κ3) is 1.84. The molecule has 2 rings (SSSR count). The summed E-state index contributed by atoms with van der Waals surface area (Å²) in [6, 6.07) is 5.93. The summed E-state index contributed by atoms with van der Waals surface area (Å²) in [5, 5.41) is 0. The molecule has 2 aromatic rings. The summed E-state index contributed by atoms with van der Waals surface area (Å²) < 4.78 is 7.45. The van der Waals surface area contributed by atoms with Crippen molar-refractivity contribution in [2.75, 3.05) is 6.61 Å². The van der Waals surface area contributed by atoms with Gasteiger partial charge in [-0.05, 0) is 41.1 Å². The molecule has 0 unspecified atom stereocenters. The zero-order valence-corrected chi connectivity index (χ0v) is 9.48. The van der Waals surface area contributed by atoms with E-state index in [2.05, 4.69) is 20.9 Å². The summed E-state index contributed by atoms with van der Waals surface area (Å²) in [6.45, 7) is 2.68. The Morgan fingerprint density at radius 2 is 2.38 bits per heavy atom. The molecule has 1 aromatic heterocycles. The van der Waals surface area contributed by atoms with Gasteiger partial charge in [-0.3, -0.25) is 0 Å². The normalized spacial score (nSPS) is 10.6. The van der Waals surface area contributed by atoms with E-state index in [-0.39, 0.29) is 0 Å². The Hall–Kier alpha value is -0.610. The lowest BCUT2D eigenvalue weighted by molar-refractivity contribution is 0.341. The molecule has 1 heterocycles. The smallest absolute Gasteiger partial charge is 0.160 e. The van der Waals surface area contributed by atoms with E-state index >= 15 is 0 Å². The minimum Gasteiger partial charge on any atom is -0.494 e. The van der Waals surface area contributed by atoms with Gasteiger partial charge in [-0.2, -0.15) is 0 Å². The second-order valence-corrected chi connectivity index (χ2v) is 4.84. The van der Waals surface area contributed by atoms with E-state index in [1.807, 2.05) is 25.1 Å². The first-order valence-electron chi connectivity index (χ1n) is 3.98. The highest BCUT2D eigenvalue weighted by atomic mass is 79.9. The van der Waals surface area contributed by atoms with Crippen LogP contribution in [0.25, 0.3) is 10.2 Å². The maximum absolute atomic E-state index is 5.39. The number of thiazole rings is 1. The number of benzene rings is 1. The maximum atomic E-state index is 5.39. The van der Waals surface area contributed by atoms with Crippen molar-refractivity contribution >= 4 is 37.5 Å². The minimum absolute atomic E-state index is 0.700. The number of aromatic nitrogens is 1. The summed E-state index contributed by atoms with van der Waals surface area (Å²) in [6.07, 6.45) is 0. The molecule has 0 amide bonds. The van der Waals surface area contributed by atoms with E-state index in [9.17, 15) is 0 Å². The summed E-state index contributed by atoms with van der Waals surface area (Å²) >= 11 is 4.97. The molecule has 0 bridgehead atoms. The lowest BCUT2D eigenvalue weighted by Gasteiger charge is -2.00. The molecule has 0 aliphatic carbocycles. The molecule has 0 radical (unpaired) electrons. The fourth-order valence-electron chi connectivity index (χ4n) is 1.13. The van der Waals surface area contributed by atoms with Gasteiger partial charge in [0.25, 0.3) is 0 Å². The third-order valence-corrected chi connectivity index (χ3v) is 3.11. The van der Waals surface area contributed by atoms with Crippen molar-refractivity contribution in [3.05, 3.63) is 22.1 Å². The van der Waals surface area contributed by atoms with Gasteiger partial charge in [-0.1, -0.05) is 0 Å². The van der Waals surface area contributed by atoms with E-state index < -0.39 is 0 Å². The topological polar surface area (TPSA) is 22.1 Å². The molecule has 0 spiro atoms. The predicted molar refractivity (Wildman–Crippen MR) is 58.5 cm³/mol. The van der Waals surface area contributed by atoms with Crippen molar-refractivity contribution in [2.45, 2.75) is 6.92 Å². The molecule has 0 aliphatic rings. The standard InChI is InChI=1S/C9H8BrNOS/c1-2-12-6-3-4-7-8(5-6)13-9(10)11-7/h3-5H,2H2,1H3. The highest BCUT2D eigenvalue weighted by molar-refractivity contribution is 9.11. The molecule has 13 heavy (non-hydrogen) atoms. The second kappa shape index (κ2) is 3.64. The van der Waals surface area contributed by atoms with Crippen LogP contribution in [0.1, 0.15) is 6.92 Å². The number of hydrogen-bond donors (Lipinski definition) is 0. The van der Waals surface area contributed by atoms with E-state index in [0.717, 1.165) is 19.9 Å². The summed E-state index contributed by atoms with van der Waals surface area (Å²) in [5.41, 5.74) is 1.01. The Morgan fingerprint density at radius 3 is 3.15 bits per heavy atom. The summed E-state index contributed by atoms with van der Waals surface area (Å²) in [4.78, 5) is 4.29. The molecule has 0 saturated heterocycles. The average Bonchev–Trinajstić information content (AvgIpc) is 2.44. The quantitative estimate of drug-likeness (QED) is 0.822. The van der Waals surface area contributed by atoms with Crippen LogP contribution in [0.2, 0.25) is 0 Å². The fraction of sp³-hybridized carbons (Fsp3) is 0.222. The van der Waals surface area contributed by atoms with Crippen LogP contribution in [0.5, 0.6) is 5.75 Å². The fourth-order valence-corrected chi connectivity index (χ4v) is 2.57. The van der Waals surface area contributed by atoms with Crippen molar-refractivity contribution in [1.82, 2.24) is 4.98 Å². The Labute approximate surface area is 88.7 Å². The van der Waals surface area contributed by atoms with Crippen LogP contribution >= 0.6 is 27.3 Å². The van der Waals surface area contributed by atoms with Crippen LogP contribution in [0.4, 0.5) is 0 Å². The number of nitrogens with zero attached hydrogens (tertiary/aromatic N) is 1. The highest BCUT2D eigenvalue weighted by Gasteiger charge is 2.02. The van der Waals surface area contributed by atoms with Gasteiger partial charge in [0.05, 0.1) is 16.8 Å². The van der Waals surface area contributed by atoms with Crippen LogP contribution < -0.4 is 4.74 Å². The first-order chi connectivity index (χ1) is 6.29. The van der Waals surface area contributed by atoms with Gasteiger partial charge in [0.1, 0.15) is 5.75 Å². The number of halogens is 1. The Bertz CT molecular complexity index is 426. The molecule has 2 nitrogen and oxygen atoms in total. The van der Waals surface area contributed by atoms with Crippen LogP contribution in [-0.2, 0) is 0 Å². The summed E-state index contributed by atoms with van der Waals surface area (Å²) in [7, 11) is 0. The molecule has 0 N–H and O–H groups in total. The third-order valence-electron chi connectivity index (χ3n) is 1.64. The van der Waals surface area contributed by atoms with Gasteiger partial charge in [0, 0.05) is 0 Å². The lowest BCUT2D eigenvalue weighted by Crippen LogP contribution is -1.89. The monoisotopic (exact) mass is 257 g/mol. The first-order valence-corrected chi connectivity index (χ1v) is 5.59. The molecule has 4 heteroatoms. The molecule has 0 fully saturated rings. The Balaban J connectivity index is 2.48. The van der Waals surface area contributed by atoms with Crippen molar-refractivity contribution < 1.29 is 4.74 Å². The van der Waals surface area contributed by atoms with Crippen molar-refractivity contribution in [2.24, 2.45) is 0 Å². The molecule has 1 aromatic carbocycles. The molecular weight excluding hydrogens is 250 g/mol. The van der Waals surface area contributed by atoms with E-state index in [1.54, 1.807) is 11.3 Å². The maximum Gasteiger partial charge on any atom is 0.160 e. The number of rotatable bonds is 2.